The molecule has 0 saturated heterocycles. The fourth-order valence-electron chi connectivity index (χ4n) is 4.21. The Morgan fingerprint density at radius 1 is 1.00 bits per heavy atom. The maximum Gasteiger partial charge on any atom is 0.261 e. The molecule has 1 aromatic carbocycles. The molecule has 0 bridgehead atoms. The Kier molecular flexibility index (Phi) is 5.12. The van der Waals surface area contributed by atoms with Crippen molar-refractivity contribution in [3.05, 3.63) is 77.5 Å². The molecule has 0 fully saturated rings. The van der Waals surface area contributed by atoms with Gasteiger partial charge in [0.15, 0.2) is 5.65 Å². The van der Waals surface area contributed by atoms with Crippen molar-refractivity contribution in [3.63, 3.8) is 0 Å². The highest BCUT2D eigenvalue weighted by atomic mass is 35.5. The molecule has 2 aromatic heterocycles. The second-order valence-electron chi connectivity index (χ2n) is 7.00. The van der Waals surface area contributed by atoms with Gasteiger partial charge in [0, 0.05) is 30.7 Å². The molecule has 3 aliphatic rings. The van der Waals surface area contributed by atoms with Crippen molar-refractivity contribution in [2.45, 2.75) is 6.42 Å². The van der Waals surface area contributed by atoms with Gasteiger partial charge in [-0.25, -0.2) is 9.50 Å². The lowest BCUT2D eigenvalue weighted by molar-refractivity contribution is -0.123. The minimum atomic E-state index is -0.474. The molecule has 31 heavy (non-hydrogen) atoms. The molecule has 0 aliphatic carbocycles. The zero-order chi connectivity index (χ0) is 19.5. The number of carbonyl (C=O) groups excluding carboxylic acids is 2. The number of fused-ring (bicyclic) bond motifs is 1. The van der Waals surface area contributed by atoms with Gasteiger partial charge in [-0.3, -0.25) is 19.9 Å². The molecule has 0 radical (unpaired) electrons. The van der Waals surface area contributed by atoms with Crippen molar-refractivity contribution in [1.29, 1.82) is 0 Å². The third kappa shape index (κ3) is 2.95. The quantitative estimate of drug-likeness (QED) is 0.599. The zero-order valence-electron chi connectivity index (χ0n) is 16.0. The van der Waals surface area contributed by atoms with E-state index >= 15 is 0 Å². The highest BCUT2D eigenvalue weighted by molar-refractivity contribution is 6.47. The van der Waals surface area contributed by atoms with Gasteiger partial charge in [0.2, 0.25) is 0 Å². The minimum Gasteiger partial charge on any atom is -0.345 e. The summed E-state index contributed by atoms with van der Waals surface area (Å²) in [6.07, 6.45) is 7.69. The first-order valence-corrected chi connectivity index (χ1v) is 9.25. The van der Waals surface area contributed by atoms with Gasteiger partial charge < -0.3 is 4.90 Å². The van der Waals surface area contributed by atoms with Crippen LogP contribution in [-0.4, -0.2) is 38.7 Å². The van der Waals surface area contributed by atoms with Crippen LogP contribution in [0, 0.1) is 0 Å². The minimum absolute atomic E-state index is 0. The maximum atomic E-state index is 12.9. The predicted molar refractivity (Wildman–Crippen MR) is 121 cm³/mol. The van der Waals surface area contributed by atoms with Crippen LogP contribution in [0.3, 0.4) is 0 Å². The number of benzene rings is 1. The molecule has 0 spiro atoms. The molecular formula is C21H16Cl2N6O2. The lowest BCUT2D eigenvalue weighted by atomic mass is 9.94. The number of para-hydroxylation sites is 1. The van der Waals surface area contributed by atoms with Crippen LogP contribution in [0.25, 0.3) is 11.2 Å². The summed E-state index contributed by atoms with van der Waals surface area (Å²) in [4.78, 5) is 36.7. The molecule has 8 nitrogen and oxygen atoms in total. The molecule has 10 heteroatoms. The molecule has 3 aromatic rings. The SMILES string of the molecule is Cl.Cl.O=C1NC(=O)C(c2cnc3cccnn23)=C1C1=NC=CN2CCc3cccc1c32. The number of anilines is 1. The Balaban J connectivity index is 0.00000116. The van der Waals surface area contributed by atoms with E-state index in [4.69, 9.17) is 0 Å². The molecule has 3 aliphatic heterocycles. The highest BCUT2D eigenvalue weighted by Gasteiger charge is 2.38. The van der Waals surface area contributed by atoms with Crippen LogP contribution >= 0.6 is 24.8 Å². The molecule has 2 amide bonds. The lowest BCUT2D eigenvalue weighted by Crippen LogP contribution is -2.25. The average Bonchev–Trinajstić information content (AvgIpc) is 3.37. The van der Waals surface area contributed by atoms with Gasteiger partial charge in [0.25, 0.3) is 11.8 Å². The first-order valence-electron chi connectivity index (χ1n) is 9.25. The Morgan fingerprint density at radius 3 is 2.71 bits per heavy atom. The normalized spacial score (nSPS) is 16.5. The first-order chi connectivity index (χ1) is 14.2. The molecular weight excluding hydrogens is 439 g/mol. The second kappa shape index (κ2) is 7.64. The summed E-state index contributed by atoms with van der Waals surface area (Å²) in [5.41, 5.74) is 5.08. The third-order valence-corrected chi connectivity index (χ3v) is 5.44. The van der Waals surface area contributed by atoms with Crippen molar-refractivity contribution in [1.82, 2.24) is 19.9 Å². The standard InChI is InChI=1S/C21H14N6O2.2ClH/c28-20-16(14-11-23-15-5-2-7-24-27(14)15)17(21(29)25-20)18-13-4-1-3-12-6-9-26(19(12)13)10-8-22-18;;/h1-5,7-8,10-11H,6,9H2,(H,25,28,29);2*1H. The summed E-state index contributed by atoms with van der Waals surface area (Å²) in [5, 5.41) is 6.71. The van der Waals surface area contributed by atoms with Gasteiger partial charge >= 0.3 is 0 Å². The maximum absolute atomic E-state index is 12.9. The number of aliphatic imine (C=N–C) groups is 1. The van der Waals surface area contributed by atoms with Crippen LogP contribution in [0.4, 0.5) is 5.69 Å². The van der Waals surface area contributed by atoms with Gasteiger partial charge in [0.1, 0.15) is 0 Å². The van der Waals surface area contributed by atoms with E-state index in [0.29, 0.717) is 17.1 Å². The Labute approximate surface area is 189 Å². The number of halogens is 2. The number of imidazole rings is 1. The molecule has 0 atom stereocenters. The number of carbonyl (C=O) groups is 2. The van der Waals surface area contributed by atoms with Crippen molar-refractivity contribution in [2.75, 3.05) is 11.4 Å². The van der Waals surface area contributed by atoms with Crippen LogP contribution < -0.4 is 10.2 Å². The van der Waals surface area contributed by atoms with Crippen LogP contribution in [-0.2, 0) is 16.0 Å². The largest absolute Gasteiger partial charge is 0.345 e. The molecule has 1 N–H and O–H groups in total. The van der Waals surface area contributed by atoms with E-state index in [2.05, 4.69) is 31.4 Å². The van der Waals surface area contributed by atoms with Crippen LogP contribution in [0.5, 0.6) is 0 Å². The average molecular weight is 455 g/mol. The van der Waals surface area contributed by atoms with E-state index in [-0.39, 0.29) is 36.0 Å². The molecule has 0 unspecified atom stereocenters. The van der Waals surface area contributed by atoms with Gasteiger partial charge in [-0.2, -0.15) is 5.10 Å². The predicted octanol–water partition coefficient (Wildman–Crippen LogP) is 2.32. The van der Waals surface area contributed by atoms with Gasteiger partial charge in [0.05, 0.1) is 34.4 Å². The summed E-state index contributed by atoms with van der Waals surface area (Å²) >= 11 is 0. The lowest BCUT2D eigenvalue weighted by Gasteiger charge is -2.17. The molecule has 6 rings (SSSR count). The fraction of sp³-hybridized carbons (Fsp3) is 0.0952. The fourth-order valence-corrected chi connectivity index (χ4v) is 4.21. The van der Waals surface area contributed by atoms with E-state index < -0.39 is 11.8 Å². The zero-order valence-corrected chi connectivity index (χ0v) is 17.6. The van der Waals surface area contributed by atoms with E-state index in [1.165, 1.54) is 5.56 Å². The Bertz CT molecular complexity index is 1340. The monoisotopic (exact) mass is 454 g/mol. The van der Waals surface area contributed by atoms with Crippen molar-refractivity contribution >= 4 is 59.2 Å². The summed E-state index contributed by atoms with van der Waals surface area (Å²) in [6.45, 7) is 0.861. The van der Waals surface area contributed by atoms with E-state index in [1.807, 2.05) is 18.3 Å². The van der Waals surface area contributed by atoms with Crippen LogP contribution in [0.2, 0.25) is 0 Å². The second-order valence-corrected chi connectivity index (χ2v) is 7.00. The molecule has 5 heterocycles. The molecule has 0 saturated carbocycles. The van der Waals surface area contributed by atoms with E-state index in [0.717, 1.165) is 24.2 Å². The number of imide groups is 1. The highest BCUT2D eigenvalue weighted by Crippen LogP contribution is 2.37. The van der Waals surface area contributed by atoms with Gasteiger partial charge in [-0.1, -0.05) is 18.2 Å². The van der Waals surface area contributed by atoms with E-state index in [9.17, 15) is 9.59 Å². The number of amides is 2. The summed E-state index contributed by atoms with van der Waals surface area (Å²) in [6, 6.07) is 9.54. The van der Waals surface area contributed by atoms with E-state index in [1.54, 1.807) is 35.2 Å². The summed E-state index contributed by atoms with van der Waals surface area (Å²) in [7, 11) is 0. The first kappa shape index (κ1) is 20.8. The third-order valence-electron chi connectivity index (χ3n) is 5.44. The topological polar surface area (TPSA) is 92.0 Å². The summed E-state index contributed by atoms with van der Waals surface area (Å²) < 4.78 is 1.56. The number of nitrogens with zero attached hydrogens (tertiary/aromatic N) is 5. The van der Waals surface area contributed by atoms with Crippen molar-refractivity contribution in [2.24, 2.45) is 4.99 Å². The van der Waals surface area contributed by atoms with Crippen molar-refractivity contribution in [3.8, 4) is 0 Å². The molecule has 156 valence electrons. The Hall–Kier alpha value is -3.49. The van der Waals surface area contributed by atoms with Gasteiger partial charge in [-0.05, 0) is 24.1 Å². The summed E-state index contributed by atoms with van der Waals surface area (Å²) in [5.74, 6) is -0.940. The van der Waals surface area contributed by atoms with Crippen LogP contribution in [0.1, 0.15) is 16.8 Å². The van der Waals surface area contributed by atoms with Crippen molar-refractivity contribution < 1.29 is 9.59 Å². The number of aromatic nitrogens is 3. The van der Waals surface area contributed by atoms with Gasteiger partial charge in [-0.15, -0.1) is 24.8 Å². The van der Waals surface area contributed by atoms with Crippen LogP contribution in [0.15, 0.2) is 65.7 Å². The smallest absolute Gasteiger partial charge is 0.261 e. The number of hydrogen-bond acceptors (Lipinski definition) is 6. The Morgan fingerprint density at radius 2 is 1.84 bits per heavy atom. The number of rotatable bonds is 2. The number of hydrogen-bond donors (Lipinski definition) is 1. The number of nitrogens with one attached hydrogen (secondary N) is 1.